The zero-order chi connectivity index (χ0) is 12.0. The molecule has 1 aromatic heterocycles. The number of hydrogen-bond acceptors (Lipinski definition) is 3. The minimum Gasteiger partial charge on any atom is -0.390 e. The van der Waals surface area contributed by atoms with Crippen LogP contribution in [0.4, 0.5) is 0 Å². The van der Waals surface area contributed by atoms with Crippen molar-refractivity contribution in [3.63, 3.8) is 0 Å². The molecule has 0 aliphatic heterocycles. The predicted octanol–water partition coefficient (Wildman–Crippen LogP) is 1.50. The van der Waals surface area contributed by atoms with Crippen molar-refractivity contribution in [1.29, 1.82) is 0 Å². The second-order valence-electron chi connectivity index (χ2n) is 4.52. The average molecular weight is 225 g/mol. The third-order valence-corrected chi connectivity index (χ3v) is 3.00. The van der Waals surface area contributed by atoms with E-state index in [1.165, 1.54) is 6.42 Å². The third kappa shape index (κ3) is 3.94. The number of unbranched alkanes of at least 4 members (excludes halogenated alkanes) is 1. The van der Waals surface area contributed by atoms with E-state index in [1.54, 1.807) is 12.5 Å². The highest BCUT2D eigenvalue weighted by Gasteiger charge is 2.03. The Balaban J connectivity index is 2.21. The molecule has 0 atom stereocenters. The molecule has 0 amide bonds. The van der Waals surface area contributed by atoms with Gasteiger partial charge in [-0.15, -0.1) is 0 Å². The highest BCUT2D eigenvalue weighted by molar-refractivity contribution is 4.95. The molecule has 0 saturated carbocycles. The number of aliphatic hydroxyl groups excluding tert-OH is 1. The molecule has 92 valence electrons. The summed E-state index contributed by atoms with van der Waals surface area (Å²) in [4.78, 5) is 6.38. The number of aryl methyl sites for hydroxylation is 1. The van der Waals surface area contributed by atoms with Crippen LogP contribution in [0.2, 0.25) is 0 Å². The van der Waals surface area contributed by atoms with Gasteiger partial charge in [0.25, 0.3) is 0 Å². The van der Waals surface area contributed by atoms with Crippen molar-refractivity contribution < 1.29 is 5.11 Å². The number of aliphatic hydroxyl groups is 1. The summed E-state index contributed by atoms with van der Waals surface area (Å²) in [5.74, 6) is 0. The van der Waals surface area contributed by atoms with Gasteiger partial charge in [0.2, 0.25) is 0 Å². The molecule has 0 radical (unpaired) electrons. The lowest BCUT2D eigenvalue weighted by Crippen LogP contribution is -2.27. The molecule has 0 aliphatic carbocycles. The molecule has 1 heterocycles. The van der Waals surface area contributed by atoms with Crippen LogP contribution >= 0.6 is 0 Å². The highest BCUT2D eigenvalue weighted by atomic mass is 16.3. The zero-order valence-corrected chi connectivity index (χ0v) is 10.6. The Bertz CT molecular complexity index is 296. The Kier molecular flexibility index (Phi) is 5.49. The SMILES string of the molecule is CC(C)N(C)CCCCn1cncc1CO. The minimum atomic E-state index is 0.0753. The number of rotatable bonds is 7. The molecule has 0 bridgehead atoms. The lowest BCUT2D eigenvalue weighted by atomic mass is 10.2. The van der Waals surface area contributed by atoms with Crippen LogP contribution in [0.25, 0.3) is 0 Å². The van der Waals surface area contributed by atoms with E-state index in [-0.39, 0.29) is 6.61 Å². The van der Waals surface area contributed by atoms with Crippen LogP contribution in [0.3, 0.4) is 0 Å². The molecule has 0 unspecified atom stereocenters. The van der Waals surface area contributed by atoms with Crippen LogP contribution in [0.15, 0.2) is 12.5 Å². The van der Waals surface area contributed by atoms with E-state index in [1.807, 2.05) is 4.57 Å². The fraction of sp³-hybridized carbons (Fsp3) is 0.750. The van der Waals surface area contributed by atoms with Crippen molar-refractivity contribution >= 4 is 0 Å². The first kappa shape index (κ1) is 13.2. The zero-order valence-electron chi connectivity index (χ0n) is 10.6. The minimum absolute atomic E-state index is 0.0753. The maximum Gasteiger partial charge on any atom is 0.0948 e. The standard InChI is InChI=1S/C12H23N3O/c1-11(2)14(3)6-4-5-7-15-10-13-8-12(15)9-16/h8,10-11,16H,4-7,9H2,1-3H3. The summed E-state index contributed by atoms with van der Waals surface area (Å²) in [5, 5.41) is 9.06. The monoisotopic (exact) mass is 225 g/mol. The van der Waals surface area contributed by atoms with Crippen LogP contribution in [0.1, 0.15) is 32.4 Å². The smallest absolute Gasteiger partial charge is 0.0948 e. The number of aromatic nitrogens is 2. The van der Waals surface area contributed by atoms with E-state index >= 15 is 0 Å². The van der Waals surface area contributed by atoms with E-state index in [9.17, 15) is 0 Å². The first-order valence-electron chi connectivity index (χ1n) is 5.95. The molecule has 0 saturated heterocycles. The van der Waals surface area contributed by atoms with Gasteiger partial charge in [0.05, 0.1) is 24.8 Å². The quantitative estimate of drug-likeness (QED) is 0.715. The molecule has 1 rings (SSSR count). The number of hydrogen-bond donors (Lipinski definition) is 1. The second kappa shape index (κ2) is 6.66. The normalized spacial score (nSPS) is 11.6. The molecule has 0 fully saturated rings. The Morgan fingerprint density at radius 2 is 2.19 bits per heavy atom. The number of nitrogens with zero attached hydrogens (tertiary/aromatic N) is 3. The van der Waals surface area contributed by atoms with E-state index < -0.39 is 0 Å². The lowest BCUT2D eigenvalue weighted by Gasteiger charge is -2.20. The molecule has 0 spiro atoms. The van der Waals surface area contributed by atoms with E-state index in [0.717, 1.165) is 25.2 Å². The maximum absolute atomic E-state index is 9.06. The van der Waals surface area contributed by atoms with Crippen molar-refractivity contribution in [3.8, 4) is 0 Å². The van der Waals surface area contributed by atoms with E-state index in [4.69, 9.17) is 5.11 Å². The second-order valence-corrected chi connectivity index (χ2v) is 4.52. The van der Waals surface area contributed by atoms with Gasteiger partial charge in [-0.2, -0.15) is 0 Å². The van der Waals surface area contributed by atoms with Gasteiger partial charge in [-0.1, -0.05) is 0 Å². The summed E-state index contributed by atoms with van der Waals surface area (Å²) in [5.41, 5.74) is 0.900. The van der Waals surface area contributed by atoms with Gasteiger partial charge in [-0.3, -0.25) is 0 Å². The molecule has 1 N–H and O–H groups in total. The van der Waals surface area contributed by atoms with E-state index in [0.29, 0.717) is 6.04 Å². The summed E-state index contributed by atoms with van der Waals surface area (Å²) < 4.78 is 2.02. The third-order valence-electron chi connectivity index (χ3n) is 3.00. The molecular weight excluding hydrogens is 202 g/mol. The average Bonchev–Trinajstić information content (AvgIpc) is 2.71. The van der Waals surface area contributed by atoms with Crippen molar-refractivity contribution in [3.05, 3.63) is 18.2 Å². The summed E-state index contributed by atoms with van der Waals surface area (Å²) in [6, 6.07) is 0.612. The maximum atomic E-state index is 9.06. The van der Waals surface area contributed by atoms with Crippen molar-refractivity contribution in [2.24, 2.45) is 0 Å². The molecular formula is C12H23N3O. The molecule has 1 aromatic rings. The van der Waals surface area contributed by atoms with Crippen LogP contribution in [-0.4, -0.2) is 39.2 Å². The fourth-order valence-corrected chi connectivity index (χ4v) is 1.58. The summed E-state index contributed by atoms with van der Waals surface area (Å²) in [6.07, 6.45) is 5.82. The fourth-order valence-electron chi connectivity index (χ4n) is 1.58. The van der Waals surface area contributed by atoms with Crippen LogP contribution in [-0.2, 0) is 13.2 Å². The topological polar surface area (TPSA) is 41.3 Å². The van der Waals surface area contributed by atoms with Crippen molar-refractivity contribution in [2.75, 3.05) is 13.6 Å². The summed E-state index contributed by atoms with van der Waals surface area (Å²) in [7, 11) is 2.15. The lowest BCUT2D eigenvalue weighted by molar-refractivity contribution is 0.261. The first-order chi connectivity index (χ1) is 7.65. The Labute approximate surface area is 97.9 Å². The molecule has 4 heteroatoms. The van der Waals surface area contributed by atoms with Gasteiger partial charge in [0, 0.05) is 12.6 Å². The Morgan fingerprint density at radius 1 is 1.44 bits per heavy atom. The summed E-state index contributed by atoms with van der Waals surface area (Å²) in [6.45, 7) is 6.56. The van der Waals surface area contributed by atoms with Gasteiger partial charge in [-0.05, 0) is 40.3 Å². The molecule has 0 aromatic carbocycles. The predicted molar refractivity (Wildman–Crippen MR) is 65.1 cm³/mol. The van der Waals surface area contributed by atoms with Crippen LogP contribution < -0.4 is 0 Å². The largest absolute Gasteiger partial charge is 0.390 e. The summed E-state index contributed by atoms with van der Waals surface area (Å²) >= 11 is 0. The van der Waals surface area contributed by atoms with Gasteiger partial charge < -0.3 is 14.6 Å². The van der Waals surface area contributed by atoms with Gasteiger partial charge in [-0.25, -0.2) is 4.98 Å². The van der Waals surface area contributed by atoms with E-state index in [2.05, 4.69) is 30.8 Å². The highest BCUT2D eigenvalue weighted by Crippen LogP contribution is 2.04. The van der Waals surface area contributed by atoms with Crippen molar-refractivity contribution in [2.45, 2.75) is 45.9 Å². The van der Waals surface area contributed by atoms with Crippen LogP contribution in [0.5, 0.6) is 0 Å². The first-order valence-corrected chi connectivity index (χ1v) is 5.95. The molecule has 0 aliphatic rings. The molecule has 16 heavy (non-hydrogen) atoms. The Hall–Kier alpha value is -0.870. The van der Waals surface area contributed by atoms with Gasteiger partial charge >= 0.3 is 0 Å². The number of imidazole rings is 1. The Morgan fingerprint density at radius 3 is 2.81 bits per heavy atom. The van der Waals surface area contributed by atoms with Gasteiger partial charge in [0.1, 0.15) is 0 Å². The van der Waals surface area contributed by atoms with Crippen molar-refractivity contribution in [1.82, 2.24) is 14.5 Å². The van der Waals surface area contributed by atoms with Gasteiger partial charge in [0.15, 0.2) is 0 Å². The molecule has 4 nitrogen and oxygen atoms in total. The van der Waals surface area contributed by atoms with Crippen LogP contribution in [0, 0.1) is 0 Å².